The highest BCUT2D eigenvalue weighted by Gasteiger charge is 2.23. The molecule has 0 fully saturated rings. The van der Waals surface area contributed by atoms with Gasteiger partial charge in [-0.2, -0.15) is 5.11 Å². The third-order valence-corrected chi connectivity index (χ3v) is 1.45. The molecular weight excluding hydrogens is 140 g/mol. The van der Waals surface area contributed by atoms with Gasteiger partial charge in [-0.05, 0) is 12.3 Å². The highest BCUT2D eigenvalue weighted by molar-refractivity contribution is 4.63. The van der Waals surface area contributed by atoms with Crippen LogP contribution in [0.5, 0.6) is 0 Å². The van der Waals surface area contributed by atoms with Gasteiger partial charge in [0.15, 0.2) is 5.79 Å². The molecule has 1 radical (unpaired) electrons. The lowest BCUT2D eigenvalue weighted by Gasteiger charge is -2.25. The fraction of sp³-hybridized carbons (Fsp3) is 1.00. The summed E-state index contributed by atoms with van der Waals surface area (Å²) in [5.41, 5.74) is 0.0842. The van der Waals surface area contributed by atoms with Crippen LogP contribution < -0.4 is 0 Å². The van der Waals surface area contributed by atoms with Gasteiger partial charge in [-0.25, -0.2) is 0 Å². The Labute approximate surface area is 69.6 Å². The maximum Gasteiger partial charge on any atom is 0.198 e. The summed E-state index contributed by atoms with van der Waals surface area (Å²) >= 11 is 0. The third kappa shape index (κ3) is 6.32. The van der Waals surface area contributed by atoms with Crippen molar-refractivity contribution in [3.8, 4) is 0 Å². The van der Waals surface area contributed by atoms with Crippen LogP contribution in [0.2, 0.25) is 0 Å². The van der Waals surface area contributed by atoms with E-state index >= 15 is 0 Å². The molecule has 0 rings (SSSR count). The van der Waals surface area contributed by atoms with Crippen LogP contribution in [0.4, 0.5) is 0 Å². The van der Waals surface area contributed by atoms with Crippen LogP contribution in [0.15, 0.2) is 0 Å². The van der Waals surface area contributed by atoms with Gasteiger partial charge in [0.25, 0.3) is 0 Å². The first-order chi connectivity index (χ1) is 4.77. The van der Waals surface area contributed by atoms with E-state index in [0.717, 1.165) is 0 Å². The highest BCUT2D eigenvalue weighted by atomic mass is 16.6. The topological polar surface area (TPSA) is 29.1 Å². The maximum atomic E-state index is 11.3. The van der Waals surface area contributed by atoms with Crippen LogP contribution in [0.1, 0.15) is 41.0 Å². The summed E-state index contributed by atoms with van der Waals surface area (Å²) in [7, 11) is 0. The molecule has 0 aliphatic rings. The van der Waals surface area contributed by atoms with Gasteiger partial charge in [0.1, 0.15) is 0 Å². The molecule has 0 aromatic carbocycles. The van der Waals surface area contributed by atoms with Gasteiger partial charge in [-0.15, -0.1) is 0 Å². The van der Waals surface area contributed by atoms with Gasteiger partial charge in [0, 0.05) is 6.42 Å². The molecule has 0 amide bonds. The molecule has 1 unspecified atom stereocenters. The molecule has 0 aromatic rings. The van der Waals surface area contributed by atoms with Crippen molar-refractivity contribution in [3.63, 3.8) is 0 Å². The average Bonchev–Trinajstić information content (AvgIpc) is 1.83. The van der Waals surface area contributed by atoms with Crippen LogP contribution >= 0.6 is 0 Å². The SMILES string of the molecule is CCC(C)([O])OCC(C)(C)C. The van der Waals surface area contributed by atoms with E-state index < -0.39 is 5.79 Å². The zero-order chi connectivity index (χ0) is 9.12. The summed E-state index contributed by atoms with van der Waals surface area (Å²) in [5, 5.41) is 11.3. The predicted molar refractivity (Wildman–Crippen MR) is 44.8 cm³/mol. The Balaban J connectivity index is 3.70. The Hall–Kier alpha value is -0.0800. The molecule has 0 aromatic heterocycles. The lowest BCUT2D eigenvalue weighted by Crippen LogP contribution is -2.30. The minimum absolute atomic E-state index is 0.0842. The number of hydrogen-bond acceptors (Lipinski definition) is 1. The predicted octanol–water partition coefficient (Wildman–Crippen LogP) is 2.61. The first kappa shape index (κ1) is 10.9. The zero-order valence-corrected chi connectivity index (χ0v) is 8.23. The Morgan fingerprint density at radius 3 is 1.91 bits per heavy atom. The first-order valence-electron chi connectivity index (χ1n) is 4.11. The molecule has 11 heavy (non-hydrogen) atoms. The monoisotopic (exact) mass is 159 g/mol. The van der Waals surface area contributed by atoms with E-state index in [9.17, 15) is 5.11 Å². The highest BCUT2D eigenvalue weighted by Crippen LogP contribution is 2.19. The van der Waals surface area contributed by atoms with E-state index in [0.29, 0.717) is 13.0 Å². The standard InChI is InChI=1S/C9H19O2/c1-6-9(5,10)11-7-8(2,3)4/h6-7H2,1-5H3. The molecule has 0 aliphatic heterocycles. The molecule has 0 heterocycles. The summed E-state index contributed by atoms with van der Waals surface area (Å²) in [6.07, 6.45) is 0.517. The van der Waals surface area contributed by atoms with Crippen LogP contribution in [-0.4, -0.2) is 12.4 Å². The van der Waals surface area contributed by atoms with E-state index in [2.05, 4.69) is 20.8 Å². The van der Waals surface area contributed by atoms with Crippen molar-refractivity contribution in [2.75, 3.05) is 6.61 Å². The zero-order valence-electron chi connectivity index (χ0n) is 8.23. The Morgan fingerprint density at radius 1 is 1.18 bits per heavy atom. The number of rotatable bonds is 3. The van der Waals surface area contributed by atoms with Crippen LogP contribution in [0.25, 0.3) is 0 Å². The van der Waals surface area contributed by atoms with Crippen molar-refractivity contribution >= 4 is 0 Å². The first-order valence-corrected chi connectivity index (χ1v) is 4.11. The maximum absolute atomic E-state index is 11.3. The Kier molecular flexibility index (Phi) is 3.52. The van der Waals surface area contributed by atoms with Gasteiger partial charge in [-0.1, -0.05) is 27.7 Å². The van der Waals surface area contributed by atoms with E-state index in [4.69, 9.17) is 4.74 Å². The molecule has 0 aliphatic carbocycles. The summed E-state index contributed by atoms with van der Waals surface area (Å²) in [5.74, 6) is -1.20. The van der Waals surface area contributed by atoms with Crippen molar-refractivity contribution in [3.05, 3.63) is 0 Å². The second-order valence-electron chi connectivity index (χ2n) is 4.34. The van der Waals surface area contributed by atoms with Crippen molar-refractivity contribution < 1.29 is 9.84 Å². The molecule has 0 spiro atoms. The smallest absolute Gasteiger partial charge is 0.198 e. The van der Waals surface area contributed by atoms with Gasteiger partial charge in [0.05, 0.1) is 6.61 Å². The van der Waals surface area contributed by atoms with Crippen LogP contribution in [-0.2, 0) is 9.84 Å². The minimum atomic E-state index is -1.20. The molecular formula is C9H19O2. The van der Waals surface area contributed by atoms with E-state index in [1.165, 1.54) is 0 Å². The molecule has 67 valence electrons. The Morgan fingerprint density at radius 2 is 1.64 bits per heavy atom. The molecule has 1 atom stereocenters. The molecule has 2 heteroatoms. The largest absolute Gasteiger partial charge is 0.347 e. The van der Waals surface area contributed by atoms with Gasteiger partial charge >= 0.3 is 0 Å². The molecule has 2 nitrogen and oxygen atoms in total. The van der Waals surface area contributed by atoms with Gasteiger partial charge in [-0.3, -0.25) is 0 Å². The molecule has 0 N–H and O–H groups in total. The Bertz CT molecular complexity index is 111. The average molecular weight is 159 g/mol. The van der Waals surface area contributed by atoms with Gasteiger partial charge in [0.2, 0.25) is 0 Å². The minimum Gasteiger partial charge on any atom is -0.347 e. The fourth-order valence-corrected chi connectivity index (χ4v) is 0.471. The second-order valence-corrected chi connectivity index (χ2v) is 4.34. The fourth-order valence-electron chi connectivity index (χ4n) is 0.471. The van der Waals surface area contributed by atoms with Crippen molar-refractivity contribution in [1.29, 1.82) is 0 Å². The van der Waals surface area contributed by atoms with E-state index in [1.54, 1.807) is 6.92 Å². The van der Waals surface area contributed by atoms with Crippen molar-refractivity contribution in [2.24, 2.45) is 5.41 Å². The van der Waals surface area contributed by atoms with Gasteiger partial charge < -0.3 is 4.74 Å². The summed E-state index contributed by atoms with van der Waals surface area (Å²) in [6, 6.07) is 0. The lowest BCUT2D eigenvalue weighted by atomic mass is 9.98. The number of hydrogen-bond donors (Lipinski definition) is 0. The summed E-state index contributed by atoms with van der Waals surface area (Å²) in [4.78, 5) is 0. The van der Waals surface area contributed by atoms with Crippen molar-refractivity contribution in [1.82, 2.24) is 0 Å². The van der Waals surface area contributed by atoms with Crippen LogP contribution in [0, 0.1) is 5.41 Å². The molecule has 0 bridgehead atoms. The molecule has 0 saturated heterocycles. The summed E-state index contributed by atoms with van der Waals surface area (Å²) < 4.78 is 5.19. The third-order valence-electron chi connectivity index (χ3n) is 1.45. The van der Waals surface area contributed by atoms with Crippen molar-refractivity contribution in [2.45, 2.75) is 46.8 Å². The van der Waals surface area contributed by atoms with Crippen LogP contribution in [0.3, 0.4) is 0 Å². The van der Waals surface area contributed by atoms with E-state index in [1.807, 2.05) is 6.92 Å². The molecule has 0 saturated carbocycles. The lowest BCUT2D eigenvalue weighted by molar-refractivity contribution is -0.239. The summed E-state index contributed by atoms with van der Waals surface area (Å²) in [6.45, 7) is 10.1. The van der Waals surface area contributed by atoms with E-state index in [-0.39, 0.29) is 5.41 Å². The normalized spacial score (nSPS) is 18.0. The quantitative estimate of drug-likeness (QED) is 0.582. The second kappa shape index (κ2) is 3.55. The number of ether oxygens (including phenoxy) is 1.